The third kappa shape index (κ3) is 7.24. The Kier molecular flexibility index (Phi) is 8.83. The van der Waals surface area contributed by atoms with Gasteiger partial charge < -0.3 is 10.1 Å². The minimum atomic E-state index is 0.880. The number of unbranched alkanes of at least 4 members (excludes halogenated alkanes) is 1. The first-order valence-corrected chi connectivity index (χ1v) is 7.22. The van der Waals surface area contributed by atoms with Crippen molar-refractivity contribution in [2.75, 3.05) is 26.3 Å². The molecule has 0 amide bonds. The Bertz CT molecular complexity index is 144. The fourth-order valence-corrected chi connectivity index (χ4v) is 2.40. The largest absolute Gasteiger partial charge is 0.380 e. The summed E-state index contributed by atoms with van der Waals surface area (Å²) in [6.07, 6.45) is 11.1. The Hall–Kier alpha value is -0.0800. The number of rotatable bonds is 9. The van der Waals surface area contributed by atoms with Crippen LogP contribution in [0.2, 0.25) is 0 Å². The Balaban J connectivity index is 1.77. The third-order valence-corrected chi connectivity index (χ3v) is 3.52. The van der Waals surface area contributed by atoms with Gasteiger partial charge in [0.05, 0.1) is 6.61 Å². The SMILES string of the molecule is CCCCOCCNCCC1CCCCC1. The van der Waals surface area contributed by atoms with Crippen LogP contribution in [0.15, 0.2) is 0 Å². The number of hydrogen-bond acceptors (Lipinski definition) is 2. The molecule has 0 aromatic rings. The summed E-state index contributed by atoms with van der Waals surface area (Å²) in [5.74, 6) is 1.00. The van der Waals surface area contributed by atoms with E-state index in [9.17, 15) is 0 Å². The molecule has 0 aromatic heterocycles. The van der Waals surface area contributed by atoms with Crippen molar-refractivity contribution in [2.24, 2.45) is 5.92 Å². The summed E-state index contributed by atoms with van der Waals surface area (Å²) < 4.78 is 5.50. The Labute approximate surface area is 101 Å². The molecule has 0 unspecified atom stereocenters. The van der Waals surface area contributed by atoms with Crippen molar-refractivity contribution < 1.29 is 4.74 Å². The minimum Gasteiger partial charge on any atom is -0.380 e. The van der Waals surface area contributed by atoms with Crippen LogP contribution in [0.3, 0.4) is 0 Å². The van der Waals surface area contributed by atoms with Crippen molar-refractivity contribution in [1.29, 1.82) is 0 Å². The molecule has 0 heterocycles. The van der Waals surface area contributed by atoms with E-state index >= 15 is 0 Å². The molecule has 1 saturated carbocycles. The van der Waals surface area contributed by atoms with Crippen LogP contribution in [0, 0.1) is 5.92 Å². The minimum absolute atomic E-state index is 0.880. The Morgan fingerprint density at radius 2 is 1.88 bits per heavy atom. The van der Waals surface area contributed by atoms with Crippen LogP contribution in [0.25, 0.3) is 0 Å². The molecule has 0 bridgehead atoms. The van der Waals surface area contributed by atoms with Crippen LogP contribution in [-0.2, 0) is 4.74 Å². The maximum atomic E-state index is 5.50. The Morgan fingerprint density at radius 1 is 1.06 bits per heavy atom. The van der Waals surface area contributed by atoms with Gasteiger partial charge in [0, 0.05) is 13.2 Å². The average molecular weight is 227 g/mol. The molecule has 0 radical (unpaired) electrons. The van der Waals surface area contributed by atoms with E-state index < -0.39 is 0 Å². The normalized spacial score (nSPS) is 17.8. The summed E-state index contributed by atoms with van der Waals surface area (Å²) in [5.41, 5.74) is 0. The summed E-state index contributed by atoms with van der Waals surface area (Å²) >= 11 is 0. The lowest BCUT2D eigenvalue weighted by atomic mass is 9.87. The predicted molar refractivity (Wildman–Crippen MR) is 69.8 cm³/mol. The van der Waals surface area contributed by atoms with Crippen molar-refractivity contribution >= 4 is 0 Å². The zero-order chi connectivity index (χ0) is 11.5. The molecule has 0 aliphatic heterocycles. The highest BCUT2D eigenvalue weighted by Gasteiger charge is 2.12. The van der Waals surface area contributed by atoms with E-state index in [4.69, 9.17) is 4.74 Å². The van der Waals surface area contributed by atoms with Gasteiger partial charge in [0.1, 0.15) is 0 Å². The van der Waals surface area contributed by atoms with E-state index in [0.717, 1.165) is 25.7 Å². The fourth-order valence-electron chi connectivity index (χ4n) is 2.40. The van der Waals surface area contributed by atoms with Gasteiger partial charge in [-0.15, -0.1) is 0 Å². The molecule has 96 valence electrons. The van der Waals surface area contributed by atoms with Gasteiger partial charge in [0.15, 0.2) is 0 Å². The van der Waals surface area contributed by atoms with Crippen LogP contribution in [0.1, 0.15) is 58.3 Å². The summed E-state index contributed by atoms with van der Waals surface area (Å²) in [4.78, 5) is 0. The average Bonchev–Trinajstić information content (AvgIpc) is 2.34. The summed E-state index contributed by atoms with van der Waals surface area (Å²) in [5, 5.41) is 3.48. The van der Waals surface area contributed by atoms with Gasteiger partial charge >= 0.3 is 0 Å². The van der Waals surface area contributed by atoms with Gasteiger partial charge in [-0.2, -0.15) is 0 Å². The Morgan fingerprint density at radius 3 is 2.62 bits per heavy atom. The van der Waals surface area contributed by atoms with Crippen LogP contribution < -0.4 is 5.32 Å². The quantitative estimate of drug-likeness (QED) is 0.610. The van der Waals surface area contributed by atoms with Crippen molar-refractivity contribution in [1.82, 2.24) is 5.32 Å². The molecular weight excluding hydrogens is 198 g/mol. The van der Waals surface area contributed by atoms with Gasteiger partial charge in [-0.25, -0.2) is 0 Å². The molecule has 1 fully saturated rings. The first-order chi connectivity index (χ1) is 7.93. The molecule has 1 aliphatic carbocycles. The van der Waals surface area contributed by atoms with Crippen LogP contribution in [0.5, 0.6) is 0 Å². The van der Waals surface area contributed by atoms with E-state index in [1.54, 1.807) is 0 Å². The first kappa shape index (κ1) is 14.0. The van der Waals surface area contributed by atoms with Crippen molar-refractivity contribution in [3.63, 3.8) is 0 Å². The molecule has 0 atom stereocenters. The predicted octanol–water partition coefficient (Wildman–Crippen LogP) is 3.36. The highest BCUT2D eigenvalue weighted by atomic mass is 16.5. The van der Waals surface area contributed by atoms with Crippen molar-refractivity contribution in [3.8, 4) is 0 Å². The van der Waals surface area contributed by atoms with E-state index in [0.29, 0.717) is 0 Å². The lowest BCUT2D eigenvalue weighted by molar-refractivity contribution is 0.132. The summed E-state index contributed by atoms with van der Waals surface area (Å²) in [6.45, 7) is 6.22. The molecule has 0 spiro atoms. The monoisotopic (exact) mass is 227 g/mol. The number of nitrogens with one attached hydrogen (secondary N) is 1. The molecule has 1 aliphatic rings. The smallest absolute Gasteiger partial charge is 0.0590 e. The van der Waals surface area contributed by atoms with E-state index in [1.165, 1.54) is 57.9 Å². The molecule has 1 N–H and O–H groups in total. The van der Waals surface area contributed by atoms with E-state index in [1.807, 2.05) is 0 Å². The lowest BCUT2D eigenvalue weighted by Crippen LogP contribution is -2.23. The molecule has 0 aromatic carbocycles. The molecule has 2 nitrogen and oxygen atoms in total. The summed E-state index contributed by atoms with van der Waals surface area (Å²) in [7, 11) is 0. The topological polar surface area (TPSA) is 21.3 Å². The standard InChI is InChI=1S/C14H29NO/c1-2-3-12-16-13-11-15-10-9-14-7-5-4-6-8-14/h14-15H,2-13H2,1H3. The van der Waals surface area contributed by atoms with E-state index in [-0.39, 0.29) is 0 Å². The zero-order valence-corrected chi connectivity index (χ0v) is 11.0. The second-order valence-corrected chi connectivity index (χ2v) is 5.01. The van der Waals surface area contributed by atoms with E-state index in [2.05, 4.69) is 12.2 Å². The second kappa shape index (κ2) is 10.1. The number of hydrogen-bond donors (Lipinski definition) is 1. The maximum Gasteiger partial charge on any atom is 0.0590 e. The summed E-state index contributed by atoms with van der Waals surface area (Å²) in [6, 6.07) is 0. The lowest BCUT2D eigenvalue weighted by Gasteiger charge is -2.21. The third-order valence-electron chi connectivity index (χ3n) is 3.52. The number of ether oxygens (including phenoxy) is 1. The highest BCUT2D eigenvalue weighted by molar-refractivity contribution is 4.66. The van der Waals surface area contributed by atoms with Gasteiger partial charge in [-0.1, -0.05) is 45.4 Å². The van der Waals surface area contributed by atoms with Crippen LogP contribution >= 0.6 is 0 Å². The van der Waals surface area contributed by atoms with Gasteiger partial charge in [-0.05, 0) is 25.3 Å². The first-order valence-electron chi connectivity index (χ1n) is 7.22. The second-order valence-electron chi connectivity index (χ2n) is 5.01. The van der Waals surface area contributed by atoms with Crippen LogP contribution in [0.4, 0.5) is 0 Å². The van der Waals surface area contributed by atoms with Crippen LogP contribution in [-0.4, -0.2) is 26.3 Å². The molecule has 0 saturated heterocycles. The highest BCUT2D eigenvalue weighted by Crippen LogP contribution is 2.25. The maximum absolute atomic E-state index is 5.50. The molecule has 2 heteroatoms. The van der Waals surface area contributed by atoms with Crippen molar-refractivity contribution in [2.45, 2.75) is 58.3 Å². The van der Waals surface area contributed by atoms with Gasteiger partial charge in [0.25, 0.3) is 0 Å². The van der Waals surface area contributed by atoms with Gasteiger partial charge in [-0.3, -0.25) is 0 Å². The van der Waals surface area contributed by atoms with Gasteiger partial charge in [0.2, 0.25) is 0 Å². The van der Waals surface area contributed by atoms with Crippen molar-refractivity contribution in [3.05, 3.63) is 0 Å². The molecule has 1 rings (SSSR count). The molecule has 16 heavy (non-hydrogen) atoms. The zero-order valence-electron chi connectivity index (χ0n) is 11.0. The fraction of sp³-hybridized carbons (Fsp3) is 1.00. The molecular formula is C14H29NO.